The van der Waals surface area contributed by atoms with Crippen molar-refractivity contribution >= 4 is 22.5 Å². The molecule has 0 aromatic heterocycles. The molecule has 1 aliphatic rings. The number of fused-ring (bicyclic) bond motifs is 1. The van der Waals surface area contributed by atoms with Crippen LogP contribution in [0.25, 0.3) is 10.8 Å². The predicted octanol–water partition coefficient (Wildman–Crippen LogP) is 3.89. The minimum atomic E-state index is -0.511. The smallest absolute Gasteiger partial charge is 0.259 e. The highest BCUT2D eigenvalue weighted by molar-refractivity contribution is 6.21. The van der Waals surface area contributed by atoms with E-state index in [-0.39, 0.29) is 23.5 Å². The minimum absolute atomic E-state index is 0.0864. The zero-order chi connectivity index (χ0) is 19.5. The van der Waals surface area contributed by atoms with Gasteiger partial charge in [-0.2, -0.15) is 0 Å². The fourth-order valence-corrected chi connectivity index (χ4v) is 3.65. The van der Waals surface area contributed by atoms with Crippen LogP contribution in [0.2, 0.25) is 0 Å². The number of aryl methyl sites for hydroxylation is 1. The summed E-state index contributed by atoms with van der Waals surface area (Å²) in [7, 11) is 0. The Morgan fingerprint density at radius 2 is 1.61 bits per heavy atom. The van der Waals surface area contributed by atoms with Gasteiger partial charge in [0.1, 0.15) is 11.3 Å². The van der Waals surface area contributed by atoms with Crippen molar-refractivity contribution in [1.29, 1.82) is 0 Å². The average molecular weight is 371 g/mol. The Bertz CT molecular complexity index is 1070. The largest absolute Gasteiger partial charge is 0.509 e. The number of benzene rings is 3. The molecule has 1 atom stereocenters. The Hall–Kier alpha value is -3.40. The van der Waals surface area contributed by atoms with Gasteiger partial charge in [-0.3, -0.25) is 9.59 Å². The lowest BCUT2D eigenvalue weighted by molar-refractivity contribution is -0.121. The second-order valence-electron chi connectivity index (χ2n) is 7.09. The summed E-state index contributed by atoms with van der Waals surface area (Å²) in [5, 5.41) is 15.4. The molecule has 0 spiro atoms. The van der Waals surface area contributed by atoms with Gasteiger partial charge in [0.05, 0.1) is 6.04 Å². The van der Waals surface area contributed by atoms with E-state index in [9.17, 15) is 14.7 Å². The van der Waals surface area contributed by atoms with Gasteiger partial charge in [0.25, 0.3) is 5.91 Å². The summed E-state index contributed by atoms with van der Waals surface area (Å²) in [6, 6.07) is 23.1. The number of hydrogen-bond donors (Lipinski definition) is 2. The molecule has 2 N–H and O–H groups in total. The van der Waals surface area contributed by atoms with Crippen LogP contribution >= 0.6 is 0 Å². The van der Waals surface area contributed by atoms with E-state index < -0.39 is 11.9 Å². The maximum atomic E-state index is 12.7. The van der Waals surface area contributed by atoms with E-state index in [1.807, 2.05) is 72.8 Å². The molecule has 140 valence electrons. The van der Waals surface area contributed by atoms with Gasteiger partial charge in [0.15, 0.2) is 5.78 Å². The Morgan fingerprint density at radius 1 is 0.893 bits per heavy atom. The summed E-state index contributed by atoms with van der Waals surface area (Å²) < 4.78 is 0. The third kappa shape index (κ3) is 3.67. The maximum absolute atomic E-state index is 12.7. The number of carbonyl (C=O) groups is 2. The molecule has 4 nitrogen and oxygen atoms in total. The molecule has 4 heteroatoms. The summed E-state index contributed by atoms with van der Waals surface area (Å²) >= 11 is 0. The van der Waals surface area contributed by atoms with E-state index in [1.165, 1.54) is 0 Å². The molecule has 4 rings (SSSR count). The van der Waals surface area contributed by atoms with Crippen LogP contribution in [0.1, 0.15) is 17.5 Å². The first kappa shape index (κ1) is 18.0. The molecule has 0 saturated heterocycles. The van der Waals surface area contributed by atoms with Gasteiger partial charge in [-0.15, -0.1) is 0 Å². The number of nitrogens with one attached hydrogen (secondary N) is 1. The average Bonchev–Trinajstić information content (AvgIpc) is 3.00. The number of hydrogen-bond acceptors (Lipinski definition) is 3. The highest BCUT2D eigenvalue weighted by Crippen LogP contribution is 2.22. The van der Waals surface area contributed by atoms with E-state index in [4.69, 9.17) is 0 Å². The third-order valence-corrected chi connectivity index (χ3v) is 5.14. The lowest BCUT2D eigenvalue weighted by atomic mass is 9.98. The van der Waals surface area contributed by atoms with E-state index in [0.29, 0.717) is 12.8 Å². The molecule has 0 aliphatic carbocycles. The molecule has 1 heterocycles. The SMILES string of the molecule is O=C(Cc1ccc2ccccc2c1)C1=C(O)C(CCc2ccccc2)NC1=O. The Balaban J connectivity index is 1.48. The second kappa shape index (κ2) is 7.69. The van der Waals surface area contributed by atoms with Gasteiger partial charge in [-0.05, 0) is 34.7 Å². The van der Waals surface area contributed by atoms with Crippen LogP contribution in [-0.4, -0.2) is 22.8 Å². The van der Waals surface area contributed by atoms with Crippen LogP contribution < -0.4 is 5.32 Å². The molecular formula is C24H21NO3. The monoisotopic (exact) mass is 371 g/mol. The summed E-state index contributed by atoms with van der Waals surface area (Å²) in [5.74, 6) is -0.972. The molecule has 28 heavy (non-hydrogen) atoms. The molecule has 0 radical (unpaired) electrons. The Morgan fingerprint density at radius 3 is 2.39 bits per heavy atom. The molecule has 3 aromatic carbocycles. The first-order valence-electron chi connectivity index (χ1n) is 9.40. The van der Waals surface area contributed by atoms with Crippen molar-refractivity contribution in [2.75, 3.05) is 0 Å². The standard InChI is InChI=1S/C24H21NO3/c26-21(15-17-10-12-18-8-4-5-9-19(18)14-17)22-23(27)20(25-24(22)28)13-11-16-6-2-1-3-7-16/h1-10,12,14,20,27H,11,13,15H2,(H,25,28). The predicted molar refractivity (Wildman–Crippen MR) is 109 cm³/mol. The Kier molecular flexibility index (Phi) is 4.94. The normalized spacial score (nSPS) is 16.4. The van der Waals surface area contributed by atoms with Crippen molar-refractivity contribution in [3.05, 3.63) is 95.3 Å². The summed E-state index contributed by atoms with van der Waals surface area (Å²) in [4.78, 5) is 25.0. The molecular weight excluding hydrogens is 350 g/mol. The lowest BCUT2D eigenvalue weighted by Gasteiger charge is -2.10. The highest BCUT2D eigenvalue weighted by atomic mass is 16.3. The molecule has 1 aliphatic heterocycles. The van der Waals surface area contributed by atoms with Crippen LogP contribution in [0, 0.1) is 0 Å². The van der Waals surface area contributed by atoms with E-state index in [0.717, 1.165) is 21.9 Å². The summed E-state index contributed by atoms with van der Waals surface area (Å²) in [6.45, 7) is 0. The topological polar surface area (TPSA) is 66.4 Å². The van der Waals surface area contributed by atoms with Crippen molar-refractivity contribution in [3.63, 3.8) is 0 Å². The van der Waals surface area contributed by atoms with E-state index in [2.05, 4.69) is 5.32 Å². The zero-order valence-electron chi connectivity index (χ0n) is 15.4. The second-order valence-corrected chi connectivity index (χ2v) is 7.09. The van der Waals surface area contributed by atoms with Crippen LogP contribution in [0.3, 0.4) is 0 Å². The number of ketones is 1. The van der Waals surface area contributed by atoms with Gasteiger partial charge < -0.3 is 10.4 Å². The lowest BCUT2D eigenvalue weighted by Crippen LogP contribution is -2.30. The molecule has 1 unspecified atom stereocenters. The van der Waals surface area contributed by atoms with Crippen LogP contribution in [-0.2, 0) is 22.4 Å². The van der Waals surface area contributed by atoms with Crippen molar-refractivity contribution in [2.24, 2.45) is 0 Å². The summed E-state index contributed by atoms with van der Waals surface area (Å²) in [5.41, 5.74) is 1.84. The van der Waals surface area contributed by atoms with Gasteiger partial charge in [-0.1, -0.05) is 72.8 Å². The van der Waals surface area contributed by atoms with Gasteiger partial charge in [0, 0.05) is 6.42 Å². The number of amides is 1. The fraction of sp³-hybridized carbons (Fsp3) is 0.167. The first-order chi connectivity index (χ1) is 13.6. The fourth-order valence-electron chi connectivity index (χ4n) is 3.65. The molecule has 0 saturated carbocycles. The number of rotatable bonds is 6. The maximum Gasteiger partial charge on any atom is 0.259 e. The van der Waals surface area contributed by atoms with E-state index >= 15 is 0 Å². The quantitative estimate of drug-likeness (QED) is 0.646. The van der Waals surface area contributed by atoms with Gasteiger partial charge >= 0.3 is 0 Å². The number of Topliss-reactive ketones (excluding diaryl/α,β-unsaturated/α-hetero) is 1. The number of aliphatic hydroxyl groups is 1. The molecule has 0 bridgehead atoms. The minimum Gasteiger partial charge on any atom is -0.509 e. The number of carbonyl (C=O) groups excluding carboxylic acids is 2. The Labute approximate surface area is 163 Å². The van der Waals surface area contributed by atoms with Crippen LogP contribution in [0.5, 0.6) is 0 Å². The third-order valence-electron chi connectivity index (χ3n) is 5.14. The van der Waals surface area contributed by atoms with E-state index in [1.54, 1.807) is 0 Å². The van der Waals surface area contributed by atoms with Crippen molar-refractivity contribution in [2.45, 2.75) is 25.3 Å². The molecule has 0 fully saturated rings. The van der Waals surface area contributed by atoms with Crippen molar-refractivity contribution in [1.82, 2.24) is 5.32 Å². The van der Waals surface area contributed by atoms with Crippen molar-refractivity contribution < 1.29 is 14.7 Å². The first-order valence-corrected chi connectivity index (χ1v) is 9.40. The van der Waals surface area contributed by atoms with Gasteiger partial charge in [-0.25, -0.2) is 0 Å². The van der Waals surface area contributed by atoms with Gasteiger partial charge in [0.2, 0.25) is 0 Å². The highest BCUT2D eigenvalue weighted by Gasteiger charge is 2.35. The summed E-state index contributed by atoms with van der Waals surface area (Å²) in [6.07, 6.45) is 1.35. The molecule has 3 aromatic rings. The van der Waals surface area contributed by atoms with Crippen molar-refractivity contribution in [3.8, 4) is 0 Å². The van der Waals surface area contributed by atoms with Crippen LogP contribution in [0.15, 0.2) is 84.1 Å². The zero-order valence-corrected chi connectivity index (χ0v) is 15.4. The molecule has 1 amide bonds. The number of aliphatic hydroxyl groups excluding tert-OH is 1. The van der Waals surface area contributed by atoms with Crippen LogP contribution in [0.4, 0.5) is 0 Å².